The monoisotopic (exact) mass is 268 g/mol. The van der Waals surface area contributed by atoms with Gasteiger partial charge in [0.25, 0.3) is 15.9 Å². The molecule has 1 atom stereocenters. The van der Waals surface area contributed by atoms with Crippen LogP contribution >= 0.6 is 0 Å². The van der Waals surface area contributed by atoms with Crippen molar-refractivity contribution in [2.24, 2.45) is 0 Å². The first-order chi connectivity index (χ1) is 8.59. The molecule has 0 spiro atoms. The number of hydrogen-bond acceptors (Lipinski definition) is 4. The standard InChI is InChI=1S/C12H16N2O3S/c15-12(11-8-4-5-9-13-11)14-18(16,17)10-6-2-1-3-7-10/h1-3,6-7,11,13H,4-5,8-9H2,(H,14,15)/t11-/m1/s1. The molecule has 5 nitrogen and oxygen atoms in total. The first kappa shape index (κ1) is 13.0. The fraction of sp³-hybridized carbons (Fsp3) is 0.417. The minimum atomic E-state index is -3.75. The second-order valence-corrected chi connectivity index (χ2v) is 5.97. The van der Waals surface area contributed by atoms with Crippen LogP contribution in [-0.2, 0) is 14.8 Å². The van der Waals surface area contributed by atoms with E-state index in [0.717, 1.165) is 19.4 Å². The molecule has 0 radical (unpaired) electrons. The van der Waals surface area contributed by atoms with Gasteiger partial charge in [-0.1, -0.05) is 24.6 Å². The topological polar surface area (TPSA) is 75.3 Å². The molecule has 1 heterocycles. The lowest BCUT2D eigenvalue weighted by Crippen LogP contribution is -2.48. The highest BCUT2D eigenvalue weighted by molar-refractivity contribution is 7.90. The summed E-state index contributed by atoms with van der Waals surface area (Å²) in [5.74, 6) is -0.474. The third-order valence-corrected chi connectivity index (χ3v) is 4.28. The molecule has 0 unspecified atom stereocenters. The van der Waals surface area contributed by atoms with E-state index in [4.69, 9.17) is 0 Å². The molecule has 1 aliphatic rings. The molecule has 18 heavy (non-hydrogen) atoms. The Labute approximate surface area is 107 Å². The van der Waals surface area contributed by atoms with Crippen LogP contribution in [0.2, 0.25) is 0 Å². The van der Waals surface area contributed by atoms with E-state index in [0.29, 0.717) is 6.42 Å². The number of nitrogens with one attached hydrogen (secondary N) is 2. The second-order valence-electron chi connectivity index (χ2n) is 4.29. The molecule has 0 aliphatic carbocycles. The van der Waals surface area contributed by atoms with Crippen LogP contribution in [0, 0.1) is 0 Å². The largest absolute Gasteiger partial charge is 0.306 e. The first-order valence-corrected chi connectivity index (χ1v) is 7.43. The minimum Gasteiger partial charge on any atom is -0.306 e. The molecule has 1 fully saturated rings. The molecule has 6 heteroatoms. The number of sulfonamides is 1. The molecular formula is C12H16N2O3S. The quantitative estimate of drug-likeness (QED) is 0.843. The Kier molecular flexibility index (Phi) is 3.98. The SMILES string of the molecule is O=C(NS(=O)(=O)c1ccccc1)[C@H]1CCCCN1. The fourth-order valence-corrected chi connectivity index (χ4v) is 2.98. The second kappa shape index (κ2) is 5.49. The highest BCUT2D eigenvalue weighted by atomic mass is 32.2. The molecule has 0 aromatic heterocycles. The molecule has 0 bridgehead atoms. The van der Waals surface area contributed by atoms with Crippen LogP contribution in [0.5, 0.6) is 0 Å². The van der Waals surface area contributed by atoms with E-state index in [1.54, 1.807) is 18.2 Å². The smallest absolute Gasteiger partial charge is 0.264 e. The zero-order chi connectivity index (χ0) is 13.0. The van der Waals surface area contributed by atoms with Gasteiger partial charge in [-0.2, -0.15) is 0 Å². The summed E-state index contributed by atoms with van der Waals surface area (Å²) in [4.78, 5) is 11.9. The average molecular weight is 268 g/mol. The summed E-state index contributed by atoms with van der Waals surface area (Å²) < 4.78 is 26.0. The van der Waals surface area contributed by atoms with Gasteiger partial charge < -0.3 is 5.32 Å². The first-order valence-electron chi connectivity index (χ1n) is 5.95. The Balaban J connectivity index is 2.06. The van der Waals surface area contributed by atoms with Gasteiger partial charge in [-0.05, 0) is 31.5 Å². The van der Waals surface area contributed by atoms with E-state index in [2.05, 4.69) is 10.0 Å². The van der Waals surface area contributed by atoms with Gasteiger partial charge in [0.15, 0.2) is 0 Å². The number of carbonyl (C=O) groups excluding carboxylic acids is 1. The average Bonchev–Trinajstić information content (AvgIpc) is 2.40. The molecule has 1 saturated heterocycles. The Morgan fingerprint density at radius 3 is 2.56 bits per heavy atom. The summed E-state index contributed by atoms with van der Waals surface area (Å²) in [6.45, 7) is 0.753. The lowest BCUT2D eigenvalue weighted by atomic mass is 10.1. The Morgan fingerprint density at radius 1 is 1.22 bits per heavy atom. The maximum atomic E-state index is 11.9. The van der Waals surface area contributed by atoms with E-state index in [-0.39, 0.29) is 4.90 Å². The number of piperidine rings is 1. The van der Waals surface area contributed by atoms with E-state index >= 15 is 0 Å². The van der Waals surface area contributed by atoms with Crippen molar-refractivity contribution < 1.29 is 13.2 Å². The van der Waals surface area contributed by atoms with Crippen LogP contribution in [0.1, 0.15) is 19.3 Å². The zero-order valence-electron chi connectivity index (χ0n) is 9.93. The van der Waals surface area contributed by atoms with Crippen LogP contribution in [0.3, 0.4) is 0 Å². The molecule has 1 amide bonds. The fourth-order valence-electron chi connectivity index (χ4n) is 1.94. The highest BCUT2D eigenvalue weighted by Gasteiger charge is 2.25. The summed E-state index contributed by atoms with van der Waals surface area (Å²) in [6, 6.07) is 7.49. The van der Waals surface area contributed by atoms with Crippen molar-refractivity contribution in [3.05, 3.63) is 30.3 Å². The van der Waals surface area contributed by atoms with Crippen molar-refractivity contribution in [1.29, 1.82) is 0 Å². The predicted octanol–water partition coefficient (Wildman–Crippen LogP) is 0.634. The third kappa shape index (κ3) is 3.08. The van der Waals surface area contributed by atoms with E-state index in [1.165, 1.54) is 12.1 Å². The van der Waals surface area contributed by atoms with Gasteiger partial charge in [0, 0.05) is 0 Å². The third-order valence-electron chi connectivity index (χ3n) is 2.92. The molecule has 2 rings (SSSR count). The highest BCUT2D eigenvalue weighted by Crippen LogP contribution is 2.10. The van der Waals surface area contributed by atoms with Crippen LogP contribution in [0.25, 0.3) is 0 Å². The van der Waals surface area contributed by atoms with Crippen LogP contribution in [0.15, 0.2) is 35.2 Å². The van der Waals surface area contributed by atoms with Crippen molar-refractivity contribution in [2.75, 3.05) is 6.54 Å². The van der Waals surface area contributed by atoms with Gasteiger partial charge in [0.2, 0.25) is 0 Å². The van der Waals surface area contributed by atoms with Gasteiger partial charge >= 0.3 is 0 Å². The summed E-state index contributed by atoms with van der Waals surface area (Å²) in [7, 11) is -3.75. The molecule has 0 saturated carbocycles. The van der Waals surface area contributed by atoms with Gasteiger partial charge in [-0.25, -0.2) is 13.1 Å². The van der Waals surface area contributed by atoms with Crippen molar-refractivity contribution in [3.8, 4) is 0 Å². The summed E-state index contributed by atoms with van der Waals surface area (Å²) in [6.07, 6.45) is 2.64. The van der Waals surface area contributed by atoms with Gasteiger partial charge in [0.1, 0.15) is 0 Å². The minimum absolute atomic E-state index is 0.106. The van der Waals surface area contributed by atoms with Crippen molar-refractivity contribution >= 4 is 15.9 Å². The van der Waals surface area contributed by atoms with E-state index in [1.807, 2.05) is 0 Å². The van der Waals surface area contributed by atoms with E-state index < -0.39 is 22.0 Å². The van der Waals surface area contributed by atoms with Crippen LogP contribution in [0.4, 0.5) is 0 Å². The summed E-state index contributed by atoms with van der Waals surface area (Å²) in [5.41, 5.74) is 0. The zero-order valence-corrected chi connectivity index (χ0v) is 10.7. The van der Waals surface area contributed by atoms with Crippen molar-refractivity contribution in [2.45, 2.75) is 30.2 Å². The number of rotatable bonds is 3. The number of carbonyl (C=O) groups is 1. The van der Waals surface area contributed by atoms with E-state index in [9.17, 15) is 13.2 Å². The molecule has 1 aromatic rings. The van der Waals surface area contributed by atoms with Gasteiger partial charge in [0.05, 0.1) is 10.9 Å². The number of benzene rings is 1. The Morgan fingerprint density at radius 2 is 1.94 bits per heavy atom. The van der Waals surface area contributed by atoms with Crippen LogP contribution in [-0.4, -0.2) is 26.9 Å². The normalized spacial score (nSPS) is 20.3. The predicted molar refractivity (Wildman–Crippen MR) is 67.4 cm³/mol. The molecule has 1 aliphatic heterocycles. The van der Waals surface area contributed by atoms with Gasteiger partial charge in [-0.15, -0.1) is 0 Å². The van der Waals surface area contributed by atoms with Crippen molar-refractivity contribution in [3.63, 3.8) is 0 Å². The lowest BCUT2D eigenvalue weighted by molar-refractivity contribution is -0.121. The van der Waals surface area contributed by atoms with Gasteiger partial charge in [-0.3, -0.25) is 4.79 Å². The number of amides is 1. The summed E-state index contributed by atoms with van der Waals surface area (Å²) >= 11 is 0. The Bertz CT molecular complexity index is 507. The molecular weight excluding hydrogens is 252 g/mol. The molecule has 1 aromatic carbocycles. The maximum Gasteiger partial charge on any atom is 0.264 e. The molecule has 2 N–H and O–H groups in total. The number of hydrogen-bond donors (Lipinski definition) is 2. The van der Waals surface area contributed by atoms with Crippen molar-refractivity contribution in [1.82, 2.24) is 10.0 Å². The van der Waals surface area contributed by atoms with Crippen LogP contribution < -0.4 is 10.0 Å². The Hall–Kier alpha value is -1.40. The lowest BCUT2D eigenvalue weighted by Gasteiger charge is -2.22. The summed E-state index contributed by atoms with van der Waals surface area (Å²) in [5, 5.41) is 3.02. The molecule has 98 valence electrons. The maximum absolute atomic E-state index is 11.9.